The van der Waals surface area contributed by atoms with Crippen LogP contribution in [0.3, 0.4) is 0 Å². The zero-order valence-electron chi connectivity index (χ0n) is 7.91. The predicted octanol–water partition coefficient (Wildman–Crippen LogP) is 1.10. The van der Waals surface area contributed by atoms with Crippen molar-refractivity contribution in [3.05, 3.63) is 0 Å². The maximum Gasteiger partial charge on any atom is 0.447 e. The van der Waals surface area contributed by atoms with Gasteiger partial charge in [-0.15, -0.1) is 0 Å². The van der Waals surface area contributed by atoms with E-state index in [4.69, 9.17) is 5.11 Å². The summed E-state index contributed by atoms with van der Waals surface area (Å²) < 4.78 is 11.6. The van der Waals surface area contributed by atoms with Gasteiger partial charge in [-0.25, -0.2) is 9.74 Å². The molecule has 2 rings (SSSR count). The van der Waals surface area contributed by atoms with Crippen LogP contribution in [0.15, 0.2) is 0 Å². The van der Waals surface area contributed by atoms with Crippen molar-refractivity contribution in [1.29, 1.82) is 0 Å². The Morgan fingerprint density at radius 2 is 2.21 bits per heavy atom. The smallest absolute Gasteiger partial charge is 0.396 e. The summed E-state index contributed by atoms with van der Waals surface area (Å²) in [5.41, 5.74) is 0.238. The van der Waals surface area contributed by atoms with E-state index in [2.05, 4.69) is 4.94 Å². The molecular weight excluding hydrogens is 189 g/mol. The minimum Gasteiger partial charge on any atom is -0.396 e. The highest BCUT2D eigenvalue weighted by molar-refractivity contribution is 5.66. The van der Waals surface area contributed by atoms with Gasteiger partial charge in [-0.05, 0) is 30.6 Å². The SMILES string of the molecule is O=C(OF)N1CCC2(CC1)CC2CO. The molecule has 1 aliphatic carbocycles. The van der Waals surface area contributed by atoms with Crippen molar-refractivity contribution in [3.8, 4) is 0 Å². The van der Waals surface area contributed by atoms with Crippen LogP contribution >= 0.6 is 0 Å². The Kier molecular flexibility index (Phi) is 2.34. The second kappa shape index (κ2) is 3.38. The van der Waals surface area contributed by atoms with E-state index in [1.807, 2.05) is 0 Å². The Morgan fingerprint density at radius 1 is 1.57 bits per heavy atom. The maximum atomic E-state index is 11.6. The maximum absolute atomic E-state index is 11.6. The Balaban J connectivity index is 1.84. The monoisotopic (exact) mass is 203 g/mol. The largest absolute Gasteiger partial charge is 0.447 e. The van der Waals surface area contributed by atoms with E-state index in [9.17, 15) is 9.32 Å². The molecule has 80 valence electrons. The molecule has 2 fully saturated rings. The van der Waals surface area contributed by atoms with E-state index in [1.165, 1.54) is 4.90 Å². The normalized spacial score (nSPS) is 29.0. The number of halogens is 1. The van der Waals surface area contributed by atoms with Gasteiger partial charge in [0.25, 0.3) is 0 Å². The first-order valence-electron chi connectivity index (χ1n) is 4.90. The number of rotatable bonds is 1. The molecule has 0 bridgehead atoms. The van der Waals surface area contributed by atoms with E-state index >= 15 is 0 Å². The third kappa shape index (κ3) is 1.45. The van der Waals surface area contributed by atoms with Crippen molar-refractivity contribution < 1.29 is 19.4 Å². The Hall–Kier alpha value is -0.840. The highest BCUT2D eigenvalue weighted by Gasteiger charge is 2.54. The van der Waals surface area contributed by atoms with Crippen molar-refractivity contribution in [3.63, 3.8) is 0 Å². The number of piperidine rings is 1. The molecule has 1 amide bonds. The van der Waals surface area contributed by atoms with E-state index < -0.39 is 6.09 Å². The lowest BCUT2D eigenvalue weighted by Gasteiger charge is -2.30. The van der Waals surface area contributed by atoms with Crippen LogP contribution in [0.2, 0.25) is 0 Å². The van der Waals surface area contributed by atoms with Gasteiger partial charge in [-0.3, -0.25) is 0 Å². The summed E-state index contributed by atoms with van der Waals surface area (Å²) in [5.74, 6) is 0.394. The zero-order chi connectivity index (χ0) is 10.2. The van der Waals surface area contributed by atoms with E-state index in [1.54, 1.807) is 0 Å². The highest BCUT2D eigenvalue weighted by atomic mass is 19.3. The molecule has 2 aliphatic rings. The summed E-state index contributed by atoms with van der Waals surface area (Å²) in [7, 11) is 0. The second-order valence-corrected chi connectivity index (χ2v) is 4.28. The van der Waals surface area contributed by atoms with Gasteiger partial charge in [0.05, 0.1) is 0 Å². The third-order valence-electron chi connectivity index (χ3n) is 3.66. The number of nitrogens with zero attached hydrogens (tertiary/aromatic N) is 1. The molecule has 1 atom stereocenters. The molecule has 1 aliphatic heterocycles. The third-order valence-corrected chi connectivity index (χ3v) is 3.66. The highest BCUT2D eigenvalue weighted by Crippen LogP contribution is 2.58. The quantitative estimate of drug-likeness (QED) is 0.694. The topological polar surface area (TPSA) is 49.8 Å². The molecular formula is C9H14FNO3. The lowest BCUT2D eigenvalue weighted by molar-refractivity contribution is -0.0829. The Bertz CT molecular complexity index is 238. The number of amides is 1. The van der Waals surface area contributed by atoms with Crippen LogP contribution in [0.5, 0.6) is 0 Å². The van der Waals surface area contributed by atoms with Gasteiger partial charge in [0.15, 0.2) is 0 Å². The standard InChI is InChI=1S/C9H14FNO3/c10-14-8(13)11-3-1-9(2-4-11)5-7(9)6-12/h7,12H,1-6H2. The molecule has 1 N–H and O–H groups in total. The molecule has 1 unspecified atom stereocenters. The van der Waals surface area contributed by atoms with Gasteiger partial charge < -0.3 is 10.0 Å². The molecule has 0 aromatic rings. The molecule has 1 saturated heterocycles. The summed E-state index contributed by atoms with van der Waals surface area (Å²) in [5, 5.41) is 8.98. The molecule has 1 saturated carbocycles. The first-order chi connectivity index (χ1) is 6.72. The average molecular weight is 203 g/mol. The van der Waals surface area contributed by atoms with Crippen LogP contribution in [0, 0.1) is 11.3 Å². The summed E-state index contributed by atoms with van der Waals surface area (Å²) in [4.78, 5) is 15.4. The van der Waals surface area contributed by atoms with Gasteiger partial charge in [0.2, 0.25) is 0 Å². The first-order valence-corrected chi connectivity index (χ1v) is 4.90. The van der Waals surface area contributed by atoms with Crippen LogP contribution in [0.25, 0.3) is 0 Å². The fourth-order valence-corrected chi connectivity index (χ4v) is 2.49. The lowest BCUT2D eigenvalue weighted by Crippen LogP contribution is -2.39. The Labute approximate surface area is 81.5 Å². The van der Waals surface area contributed by atoms with Gasteiger partial charge >= 0.3 is 6.09 Å². The Morgan fingerprint density at radius 3 is 2.64 bits per heavy atom. The number of likely N-dealkylation sites (tertiary alicyclic amines) is 1. The summed E-state index contributed by atoms with van der Waals surface area (Å²) in [6.45, 7) is 1.31. The van der Waals surface area contributed by atoms with E-state index in [0.29, 0.717) is 19.0 Å². The molecule has 4 nitrogen and oxygen atoms in total. The van der Waals surface area contributed by atoms with Crippen molar-refractivity contribution in [2.75, 3.05) is 19.7 Å². The zero-order valence-corrected chi connectivity index (χ0v) is 7.91. The van der Waals surface area contributed by atoms with Crippen LogP contribution in [0.1, 0.15) is 19.3 Å². The molecule has 5 heteroatoms. The van der Waals surface area contributed by atoms with Crippen LogP contribution in [-0.2, 0) is 4.94 Å². The molecule has 14 heavy (non-hydrogen) atoms. The van der Waals surface area contributed by atoms with E-state index in [-0.39, 0.29) is 12.0 Å². The molecule has 1 spiro atoms. The number of carbonyl (C=O) groups excluding carboxylic acids is 1. The molecule has 0 aromatic heterocycles. The van der Waals surface area contributed by atoms with Gasteiger partial charge in [-0.1, -0.05) is 0 Å². The van der Waals surface area contributed by atoms with Gasteiger partial charge in [0, 0.05) is 24.2 Å². The minimum atomic E-state index is -0.888. The fourth-order valence-electron chi connectivity index (χ4n) is 2.49. The number of hydrogen-bond acceptors (Lipinski definition) is 3. The number of carbonyl (C=O) groups is 1. The fraction of sp³-hybridized carbons (Fsp3) is 0.889. The van der Waals surface area contributed by atoms with Gasteiger partial charge in [-0.2, -0.15) is 0 Å². The second-order valence-electron chi connectivity index (χ2n) is 4.28. The van der Waals surface area contributed by atoms with Crippen molar-refractivity contribution >= 4 is 6.09 Å². The van der Waals surface area contributed by atoms with Crippen LogP contribution in [0.4, 0.5) is 9.32 Å². The molecule has 1 heterocycles. The molecule has 0 aromatic carbocycles. The average Bonchev–Trinajstić information content (AvgIpc) is 2.91. The van der Waals surface area contributed by atoms with E-state index in [0.717, 1.165) is 19.3 Å². The molecule has 0 radical (unpaired) electrons. The number of aliphatic hydroxyl groups is 1. The summed E-state index contributed by atoms with van der Waals surface area (Å²) in [6.07, 6.45) is 1.86. The number of aliphatic hydroxyl groups excluding tert-OH is 1. The first kappa shape index (κ1) is 9.71. The lowest BCUT2D eigenvalue weighted by atomic mass is 9.91. The number of hydrogen-bond donors (Lipinski definition) is 1. The van der Waals surface area contributed by atoms with Crippen molar-refractivity contribution in [2.24, 2.45) is 11.3 Å². The van der Waals surface area contributed by atoms with Crippen LogP contribution < -0.4 is 0 Å². The van der Waals surface area contributed by atoms with Crippen LogP contribution in [-0.4, -0.2) is 35.8 Å². The van der Waals surface area contributed by atoms with Crippen molar-refractivity contribution in [2.45, 2.75) is 19.3 Å². The summed E-state index contributed by atoms with van der Waals surface area (Å²) >= 11 is 0. The minimum absolute atomic E-state index is 0.230. The van der Waals surface area contributed by atoms with Crippen molar-refractivity contribution in [1.82, 2.24) is 4.90 Å². The predicted molar refractivity (Wildman–Crippen MR) is 46.0 cm³/mol. The summed E-state index contributed by atoms with van der Waals surface area (Å²) in [6, 6.07) is 0. The van der Waals surface area contributed by atoms with Gasteiger partial charge in [0.1, 0.15) is 0 Å².